The zero-order valence-electron chi connectivity index (χ0n) is 16.3. The van der Waals surface area contributed by atoms with E-state index in [4.69, 9.17) is 16.3 Å². The molecule has 2 atom stereocenters. The number of urea groups is 1. The van der Waals surface area contributed by atoms with Crippen molar-refractivity contribution in [2.45, 2.75) is 37.8 Å². The molecule has 7 heteroatoms. The van der Waals surface area contributed by atoms with Gasteiger partial charge >= 0.3 is 6.03 Å². The zero-order chi connectivity index (χ0) is 20.9. The predicted octanol–water partition coefficient (Wildman–Crippen LogP) is 3.72. The Kier molecular flexibility index (Phi) is 6.77. The van der Waals surface area contributed by atoms with Crippen LogP contribution in [0.3, 0.4) is 0 Å². The molecule has 1 fully saturated rings. The lowest BCUT2D eigenvalue weighted by molar-refractivity contribution is -0.133. The first-order valence-electron chi connectivity index (χ1n) is 9.72. The van der Waals surface area contributed by atoms with Crippen LogP contribution in [-0.2, 0) is 10.3 Å². The highest BCUT2D eigenvalue weighted by Gasteiger charge is 2.52. The number of unbranched alkanes of at least 4 members (excludes halogenated alkanes) is 1. The van der Waals surface area contributed by atoms with E-state index in [0.717, 1.165) is 23.3 Å². The molecule has 2 unspecified atom stereocenters. The number of carbonyl (C=O) groups is 2. The van der Waals surface area contributed by atoms with E-state index >= 15 is 0 Å². The number of aliphatic hydroxyl groups is 1. The smallest absolute Gasteiger partial charge is 0.325 e. The van der Waals surface area contributed by atoms with Gasteiger partial charge < -0.3 is 15.2 Å². The quantitative estimate of drug-likeness (QED) is 0.610. The fraction of sp³-hybridized carbons (Fsp3) is 0.364. The number of rotatable bonds is 9. The average Bonchev–Trinajstić information content (AvgIpc) is 2.97. The molecular weight excluding hydrogens is 392 g/mol. The number of imide groups is 1. The average molecular weight is 417 g/mol. The number of nitrogens with zero attached hydrogens (tertiary/aromatic N) is 1. The van der Waals surface area contributed by atoms with Crippen LogP contribution in [0.5, 0.6) is 5.75 Å². The van der Waals surface area contributed by atoms with Crippen LogP contribution < -0.4 is 10.1 Å². The van der Waals surface area contributed by atoms with Gasteiger partial charge in [-0.25, -0.2) is 4.79 Å². The van der Waals surface area contributed by atoms with Crippen LogP contribution in [-0.4, -0.2) is 41.2 Å². The van der Waals surface area contributed by atoms with Crippen molar-refractivity contribution in [1.29, 1.82) is 0 Å². The summed E-state index contributed by atoms with van der Waals surface area (Å²) >= 11 is 5.84. The van der Waals surface area contributed by atoms with Gasteiger partial charge in [-0.3, -0.25) is 9.69 Å². The maximum Gasteiger partial charge on any atom is 0.325 e. The Morgan fingerprint density at radius 3 is 2.48 bits per heavy atom. The molecule has 1 aliphatic rings. The third-order valence-corrected chi connectivity index (χ3v) is 5.25. The van der Waals surface area contributed by atoms with E-state index in [1.807, 2.05) is 37.3 Å². The van der Waals surface area contributed by atoms with Crippen LogP contribution in [0, 0.1) is 0 Å². The normalized spacial score (nSPS) is 19.9. The minimum atomic E-state index is -1.09. The Morgan fingerprint density at radius 2 is 1.83 bits per heavy atom. The molecule has 154 valence electrons. The van der Waals surface area contributed by atoms with E-state index in [9.17, 15) is 14.7 Å². The Labute approximate surface area is 175 Å². The summed E-state index contributed by atoms with van der Waals surface area (Å²) in [6, 6.07) is 15.5. The molecule has 0 saturated carbocycles. The van der Waals surface area contributed by atoms with Crippen molar-refractivity contribution < 1.29 is 19.4 Å². The molecule has 0 radical (unpaired) electrons. The molecule has 2 aromatic carbocycles. The van der Waals surface area contributed by atoms with Crippen LogP contribution >= 0.6 is 11.6 Å². The first kappa shape index (κ1) is 21.1. The molecule has 3 rings (SSSR count). The predicted molar refractivity (Wildman–Crippen MR) is 111 cm³/mol. The number of benzene rings is 2. The third-order valence-electron chi connectivity index (χ3n) is 5.00. The second-order valence-corrected chi connectivity index (χ2v) is 7.58. The lowest BCUT2D eigenvalue weighted by Gasteiger charge is -2.27. The van der Waals surface area contributed by atoms with Crippen LogP contribution in [0.2, 0.25) is 5.02 Å². The number of carbonyl (C=O) groups excluding carboxylic acids is 2. The molecule has 2 aromatic rings. The molecule has 1 saturated heterocycles. The number of hydrogen-bond acceptors (Lipinski definition) is 4. The summed E-state index contributed by atoms with van der Waals surface area (Å²) in [6.07, 6.45) is 1.18. The van der Waals surface area contributed by atoms with Crippen LogP contribution in [0.4, 0.5) is 4.79 Å². The van der Waals surface area contributed by atoms with Gasteiger partial charge in [0.2, 0.25) is 0 Å². The molecule has 6 nitrogen and oxygen atoms in total. The van der Waals surface area contributed by atoms with E-state index in [-0.39, 0.29) is 19.1 Å². The highest BCUT2D eigenvalue weighted by atomic mass is 35.5. The fourth-order valence-electron chi connectivity index (χ4n) is 3.45. The van der Waals surface area contributed by atoms with Crippen molar-refractivity contribution in [3.63, 3.8) is 0 Å². The minimum absolute atomic E-state index is 0.0496. The van der Waals surface area contributed by atoms with Crippen molar-refractivity contribution in [2.75, 3.05) is 13.2 Å². The summed E-state index contributed by atoms with van der Waals surface area (Å²) in [7, 11) is 0. The van der Waals surface area contributed by atoms with Crippen molar-refractivity contribution in [2.24, 2.45) is 0 Å². The van der Waals surface area contributed by atoms with Gasteiger partial charge in [-0.05, 0) is 36.2 Å². The van der Waals surface area contributed by atoms with Gasteiger partial charge in [-0.1, -0.05) is 61.7 Å². The number of aliphatic hydroxyl groups excluding tert-OH is 1. The van der Waals surface area contributed by atoms with Crippen molar-refractivity contribution in [1.82, 2.24) is 10.2 Å². The molecule has 1 heterocycles. The van der Waals surface area contributed by atoms with Gasteiger partial charge in [0.15, 0.2) is 0 Å². The largest absolute Gasteiger partial charge is 0.491 e. The summed E-state index contributed by atoms with van der Waals surface area (Å²) in [5.41, 5.74) is -0.341. The van der Waals surface area contributed by atoms with Crippen LogP contribution in [0.15, 0.2) is 54.6 Å². The Balaban J connectivity index is 1.70. The number of hydrogen-bond donors (Lipinski definition) is 2. The molecule has 0 aliphatic carbocycles. The topological polar surface area (TPSA) is 78.9 Å². The fourth-order valence-corrected chi connectivity index (χ4v) is 3.58. The van der Waals surface area contributed by atoms with Crippen molar-refractivity contribution in [3.05, 3.63) is 65.2 Å². The SMILES string of the molecule is CCCCC1(c2ccccc2)NC(=O)N(CC(O)COc2ccc(Cl)cc2)C1=O. The van der Waals surface area contributed by atoms with Gasteiger partial charge in [-0.15, -0.1) is 0 Å². The summed E-state index contributed by atoms with van der Waals surface area (Å²) in [5, 5.41) is 13.8. The number of β-amino-alcohol motifs (C(OH)–C–C–N with tert-alkyl or cyclic N) is 1. The van der Waals surface area contributed by atoms with Gasteiger partial charge in [0, 0.05) is 5.02 Å². The second-order valence-electron chi connectivity index (χ2n) is 7.14. The van der Waals surface area contributed by atoms with Gasteiger partial charge in [0.05, 0.1) is 6.54 Å². The summed E-state index contributed by atoms with van der Waals surface area (Å²) in [5.74, 6) is 0.208. The van der Waals surface area contributed by atoms with Gasteiger partial charge in [0.25, 0.3) is 5.91 Å². The van der Waals surface area contributed by atoms with Crippen molar-refractivity contribution >= 4 is 23.5 Å². The molecule has 0 spiro atoms. The minimum Gasteiger partial charge on any atom is -0.491 e. The van der Waals surface area contributed by atoms with Gasteiger partial charge in [-0.2, -0.15) is 0 Å². The standard InChI is InChI=1S/C22H25ClN2O4/c1-2-3-13-22(16-7-5-4-6-8-16)20(27)25(21(28)24-22)14-18(26)15-29-19-11-9-17(23)10-12-19/h4-12,18,26H,2-3,13-15H2,1H3,(H,24,28). The second kappa shape index (κ2) is 9.29. The molecule has 29 heavy (non-hydrogen) atoms. The molecule has 0 aromatic heterocycles. The van der Waals surface area contributed by atoms with Crippen LogP contribution in [0.1, 0.15) is 31.7 Å². The number of ether oxygens (including phenoxy) is 1. The maximum absolute atomic E-state index is 13.3. The van der Waals surface area contributed by atoms with E-state index in [2.05, 4.69) is 5.32 Å². The van der Waals surface area contributed by atoms with E-state index in [1.54, 1.807) is 24.3 Å². The van der Waals surface area contributed by atoms with E-state index < -0.39 is 17.7 Å². The Hall–Kier alpha value is -2.57. The van der Waals surface area contributed by atoms with Crippen molar-refractivity contribution in [3.8, 4) is 5.75 Å². The molecule has 2 N–H and O–H groups in total. The first-order chi connectivity index (χ1) is 14.0. The highest BCUT2D eigenvalue weighted by molar-refractivity contribution is 6.30. The number of nitrogens with one attached hydrogen (secondary N) is 1. The number of halogens is 1. The van der Waals surface area contributed by atoms with E-state index in [0.29, 0.717) is 17.2 Å². The Morgan fingerprint density at radius 1 is 1.14 bits per heavy atom. The lowest BCUT2D eigenvalue weighted by atomic mass is 9.85. The highest BCUT2D eigenvalue weighted by Crippen LogP contribution is 2.34. The van der Waals surface area contributed by atoms with E-state index in [1.165, 1.54) is 0 Å². The molecule has 3 amide bonds. The third kappa shape index (κ3) is 4.71. The van der Waals surface area contributed by atoms with Crippen LogP contribution in [0.25, 0.3) is 0 Å². The monoisotopic (exact) mass is 416 g/mol. The molecule has 1 aliphatic heterocycles. The summed E-state index contributed by atoms with van der Waals surface area (Å²) < 4.78 is 5.53. The summed E-state index contributed by atoms with van der Waals surface area (Å²) in [6.45, 7) is 1.85. The molecule has 0 bridgehead atoms. The Bertz CT molecular complexity index is 844. The molecular formula is C22H25ClN2O4. The zero-order valence-corrected chi connectivity index (χ0v) is 17.1. The lowest BCUT2D eigenvalue weighted by Crippen LogP contribution is -2.45. The summed E-state index contributed by atoms with van der Waals surface area (Å²) in [4.78, 5) is 27.0. The number of amides is 3. The van der Waals surface area contributed by atoms with Gasteiger partial charge in [0.1, 0.15) is 24.0 Å². The maximum atomic E-state index is 13.3. The first-order valence-corrected chi connectivity index (χ1v) is 10.1.